The van der Waals surface area contributed by atoms with Crippen LogP contribution in [0.1, 0.15) is 18.4 Å². The maximum absolute atomic E-state index is 9.09. The van der Waals surface area contributed by atoms with Gasteiger partial charge in [-0.2, -0.15) is 4.98 Å². The number of aryl methyl sites for hydroxylation is 1. The summed E-state index contributed by atoms with van der Waals surface area (Å²) in [6.07, 6.45) is 0. The van der Waals surface area contributed by atoms with E-state index in [9.17, 15) is 0 Å². The Kier molecular flexibility index (Phi) is 5.58. The summed E-state index contributed by atoms with van der Waals surface area (Å²) in [4.78, 5) is 6.46. The topological polar surface area (TPSA) is 62.4 Å². The molecule has 0 amide bonds. The normalized spacial score (nSPS) is 11.2. The van der Waals surface area contributed by atoms with Gasteiger partial charge in [-0.3, -0.25) is 4.90 Å². The van der Waals surface area contributed by atoms with Crippen LogP contribution in [0.2, 0.25) is 0 Å². The van der Waals surface area contributed by atoms with Gasteiger partial charge in [-0.15, -0.1) is 0 Å². The molecule has 1 heterocycles. The van der Waals surface area contributed by atoms with Gasteiger partial charge in [0.05, 0.1) is 6.61 Å². The second-order valence-electron chi connectivity index (χ2n) is 6.00. The molecule has 0 saturated heterocycles. The van der Waals surface area contributed by atoms with Crippen LogP contribution in [0.15, 0.2) is 53.1 Å². The molecule has 0 spiro atoms. The first-order valence-electron chi connectivity index (χ1n) is 8.53. The molecule has 5 nitrogen and oxygen atoms in total. The number of nitrogens with zero attached hydrogens (tertiary/aromatic N) is 3. The van der Waals surface area contributed by atoms with Crippen LogP contribution < -0.4 is 0 Å². The van der Waals surface area contributed by atoms with Gasteiger partial charge in [-0.25, -0.2) is 0 Å². The van der Waals surface area contributed by atoms with Gasteiger partial charge in [0.2, 0.25) is 11.7 Å². The van der Waals surface area contributed by atoms with Crippen LogP contribution in [-0.4, -0.2) is 39.8 Å². The predicted octanol–water partition coefficient (Wildman–Crippen LogP) is 3.53. The molecule has 25 heavy (non-hydrogen) atoms. The highest BCUT2D eigenvalue weighted by molar-refractivity contribution is 5.67. The minimum Gasteiger partial charge on any atom is -0.395 e. The maximum atomic E-state index is 9.09. The van der Waals surface area contributed by atoms with E-state index in [4.69, 9.17) is 9.63 Å². The van der Waals surface area contributed by atoms with Crippen LogP contribution in [0.5, 0.6) is 0 Å². The summed E-state index contributed by atoms with van der Waals surface area (Å²) in [7, 11) is 0. The summed E-state index contributed by atoms with van der Waals surface area (Å²) in [5, 5.41) is 13.0. The van der Waals surface area contributed by atoms with Crippen LogP contribution in [0.25, 0.3) is 22.5 Å². The number of aliphatic hydroxyl groups excluding tert-OH is 1. The van der Waals surface area contributed by atoms with Crippen molar-refractivity contribution in [2.24, 2.45) is 0 Å². The largest absolute Gasteiger partial charge is 0.395 e. The summed E-state index contributed by atoms with van der Waals surface area (Å²) < 4.78 is 5.02. The first kappa shape index (κ1) is 17.3. The minimum absolute atomic E-state index is 0.193. The number of benzene rings is 2. The lowest BCUT2D eigenvalue weighted by Crippen LogP contribution is -2.25. The van der Waals surface area contributed by atoms with Crippen molar-refractivity contribution < 1.29 is 9.63 Å². The summed E-state index contributed by atoms with van der Waals surface area (Å²) in [5.74, 6) is 1.18. The van der Waals surface area contributed by atoms with E-state index in [1.54, 1.807) is 6.92 Å². The lowest BCUT2D eigenvalue weighted by atomic mass is 10.0. The fourth-order valence-corrected chi connectivity index (χ4v) is 2.78. The molecule has 0 aliphatic carbocycles. The molecular weight excluding hydrogens is 314 g/mol. The fraction of sp³-hybridized carbons (Fsp3) is 0.300. The summed E-state index contributed by atoms with van der Waals surface area (Å²) in [6, 6.07) is 16.7. The highest BCUT2D eigenvalue weighted by atomic mass is 16.5. The number of aromatic nitrogens is 2. The van der Waals surface area contributed by atoms with Crippen LogP contribution in [0.3, 0.4) is 0 Å². The van der Waals surface area contributed by atoms with Crippen molar-refractivity contribution >= 4 is 0 Å². The molecule has 0 aliphatic rings. The van der Waals surface area contributed by atoms with Gasteiger partial charge in [0.15, 0.2) is 0 Å². The molecule has 0 atom stereocenters. The Bertz CT molecular complexity index is 795. The Morgan fingerprint density at radius 3 is 2.08 bits per heavy atom. The molecule has 0 radical (unpaired) electrons. The Morgan fingerprint density at radius 2 is 1.56 bits per heavy atom. The third-order valence-corrected chi connectivity index (χ3v) is 4.23. The van der Waals surface area contributed by atoms with Crippen LogP contribution >= 0.6 is 0 Å². The molecule has 1 N–H and O–H groups in total. The van der Waals surface area contributed by atoms with E-state index in [-0.39, 0.29) is 6.61 Å². The van der Waals surface area contributed by atoms with Crippen molar-refractivity contribution in [3.8, 4) is 22.5 Å². The average molecular weight is 337 g/mol. The van der Waals surface area contributed by atoms with E-state index in [0.717, 1.165) is 24.2 Å². The van der Waals surface area contributed by atoms with Gasteiger partial charge >= 0.3 is 0 Å². The lowest BCUT2D eigenvalue weighted by Gasteiger charge is -2.19. The van der Waals surface area contributed by atoms with Gasteiger partial charge in [0.1, 0.15) is 0 Å². The summed E-state index contributed by atoms with van der Waals surface area (Å²) in [5.41, 5.74) is 4.51. The molecule has 0 aliphatic heterocycles. The van der Waals surface area contributed by atoms with Gasteiger partial charge in [0.25, 0.3) is 0 Å². The molecule has 1 aromatic heterocycles. The smallest absolute Gasteiger partial charge is 0.223 e. The fourth-order valence-electron chi connectivity index (χ4n) is 2.78. The van der Waals surface area contributed by atoms with E-state index in [2.05, 4.69) is 58.4 Å². The Balaban J connectivity index is 1.71. The molecule has 3 aromatic rings. The van der Waals surface area contributed by atoms with Crippen LogP contribution in [0, 0.1) is 6.92 Å². The Hall–Kier alpha value is -2.50. The molecule has 0 saturated carbocycles. The number of hydrogen-bond donors (Lipinski definition) is 1. The molecule has 3 rings (SSSR count). The number of hydrogen-bond acceptors (Lipinski definition) is 5. The second kappa shape index (κ2) is 8.05. The van der Waals surface area contributed by atoms with E-state index in [1.165, 1.54) is 11.1 Å². The van der Waals surface area contributed by atoms with Crippen molar-refractivity contribution in [1.29, 1.82) is 0 Å². The first-order chi connectivity index (χ1) is 12.2. The predicted molar refractivity (Wildman–Crippen MR) is 97.9 cm³/mol. The van der Waals surface area contributed by atoms with Crippen LogP contribution in [0.4, 0.5) is 0 Å². The van der Waals surface area contributed by atoms with Crippen molar-refractivity contribution in [3.63, 3.8) is 0 Å². The number of rotatable bonds is 7. The van der Waals surface area contributed by atoms with Gasteiger partial charge in [0, 0.05) is 25.6 Å². The SMILES string of the molecule is CCN(CCO)Cc1ccc(-c2ccc(-c3noc(C)n3)cc2)cc1. The zero-order chi connectivity index (χ0) is 17.6. The van der Waals surface area contributed by atoms with E-state index in [0.29, 0.717) is 18.3 Å². The zero-order valence-electron chi connectivity index (χ0n) is 14.6. The third kappa shape index (κ3) is 4.32. The van der Waals surface area contributed by atoms with Crippen LogP contribution in [-0.2, 0) is 6.54 Å². The molecule has 0 bridgehead atoms. The summed E-state index contributed by atoms with van der Waals surface area (Å²) >= 11 is 0. The van der Waals surface area contributed by atoms with E-state index >= 15 is 0 Å². The molecular formula is C20H23N3O2. The highest BCUT2D eigenvalue weighted by Gasteiger charge is 2.07. The third-order valence-electron chi connectivity index (χ3n) is 4.23. The molecule has 5 heteroatoms. The van der Waals surface area contributed by atoms with Gasteiger partial charge < -0.3 is 9.63 Å². The number of likely N-dealkylation sites (N-methyl/N-ethyl adjacent to an activating group) is 1. The van der Waals surface area contributed by atoms with Gasteiger partial charge in [-0.1, -0.05) is 60.6 Å². The molecule has 2 aromatic carbocycles. The number of aliphatic hydroxyl groups is 1. The quantitative estimate of drug-likeness (QED) is 0.714. The first-order valence-corrected chi connectivity index (χ1v) is 8.53. The maximum Gasteiger partial charge on any atom is 0.223 e. The van der Waals surface area contributed by atoms with E-state index in [1.807, 2.05) is 12.1 Å². The van der Waals surface area contributed by atoms with Crippen molar-refractivity contribution in [3.05, 3.63) is 60.0 Å². The molecule has 0 fully saturated rings. The van der Waals surface area contributed by atoms with Crippen molar-refractivity contribution in [2.75, 3.05) is 19.7 Å². The standard InChI is InChI=1S/C20H23N3O2/c1-3-23(12-13-24)14-16-4-6-17(7-5-16)18-8-10-19(11-9-18)20-21-15(2)25-22-20/h4-11,24H,3,12-14H2,1-2H3. The van der Waals surface area contributed by atoms with Crippen molar-refractivity contribution in [2.45, 2.75) is 20.4 Å². The second-order valence-corrected chi connectivity index (χ2v) is 6.00. The zero-order valence-corrected chi connectivity index (χ0v) is 14.6. The van der Waals surface area contributed by atoms with Gasteiger partial charge in [-0.05, 0) is 23.2 Å². The minimum atomic E-state index is 0.193. The lowest BCUT2D eigenvalue weighted by molar-refractivity contribution is 0.197. The average Bonchev–Trinajstić information content (AvgIpc) is 3.08. The Labute approximate surface area is 147 Å². The Morgan fingerprint density at radius 1 is 0.960 bits per heavy atom. The molecule has 0 unspecified atom stereocenters. The molecule has 130 valence electrons. The van der Waals surface area contributed by atoms with Crippen molar-refractivity contribution in [1.82, 2.24) is 15.0 Å². The summed E-state index contributed by atoms with van der Waals surface area (Å²) in [6.45, 7) is 6.57. The highest BCUT2D eigenvalue weighted by Crippen LogP contribution is 2.24. The monoisotopic (exact) mass is 337 g/mol. The van der Waals surface area contributed by atoms with E-state index < -0.39 is 0 Å².